The van der Waals surface area contributed by atoms with Crippen LogP contribution in [0.25, 0.3) is 0 Å². The SMILES string of the molecule is COc1cc([C@@H]2CN(C(=O)c3ccc(C)cc3)C[C@@H]2C(=O)NCC(C)C)cc(OC)c1OC. The summed E-state index contributed by atoms with van der Waals surface area (Å²) in [4.78, 5) is 28.2. The number of benzene rings is 2. The van der Waals surface area contributed by atoms with E-state index in [1.807, 2.05) is 43.3 Å². The molecule has 0 aromatic heterocycles. The molecular weight excluding hydrogens is 420 g/mol. The molecule has 1 aliphatic heterocycles. The molecule has 1 N–H and O–H groups in total. The first-order chi connectivity index (χ1) is 15.8. The van der Waals surface area contributed by atoms with Gasteiger partial charge in [-0.3, -0.25) is 9.59 Å². The zero-order valence-corrected chi connectivity index (χ0v) is 20.3. The summed E-state index contributed by atoms with van der Waals surface area (Å²) in [6.45, 7) is 7.45. The maximum Gasteiger partial charge on any atom is 0.253 e. The Labute approximate surface area is 196 Å². The maximum atomic E-state index is 13.2. The summed E-state index contributed by atoms with van der Waals surface area (Å²) in [5, 5.41) is 3.05. The van der Waals surface area contributed by atoms with E-state index in [1.165, 1.54) is 0 Å². The second kappa shape index (κ2) is 10.6. The van der Waals surface area contributed by atoms with Crippen molar-refractivity contribution in [3.63, 3.8) is 0 Å². The number of methoxy groups -OCH3 is 3. The second-order valence-electron chi connectivity index (χ2n) is 8.89. The quantitative estimate of drug-likeness (QED) is 0.659. The number of rotatable bonds is 8. The summed E-state index contributed by atoms with van der Waals surface area (Å²) < 4.78 is 16.5. The third-order valence-electron chi connectivity index (χ3n) is 6.04. The van der Waals surface area contributed by atoms with E-state index in [9.17, 15) is 9.59 Å². The van der Waals surface area contributed by atoms with Gasteiger partial charge in [-0.05, 0) is 42.7 Å². The fourth-order valence-electron chi connectivity index (χ4n) is 4.20. The average molecular weight is 455 g/mol. The molecule has 2 atom stereocenters. The van der Waals surface area contributed by atoms with Crippen molar-refractivity contribution in [2.75, 3.05) is 41.0 Å². The lowest BCUT2D eigenvalue weighted by atomic mass is 9.87. The van der Waals surface area contributed by atoms with Crippen molar-refractivity contribution in [1.82, 2.24) is 10.2 Å². The molecule has 1 fully saturated rings. The topological polar surface area (TPSA) is 77.1 Å². The lowest BCUT2D eigenvalue weighted by molar-refractivity contribution is -0.125. The normalized spacial score (nSPS) is 17.7. The molecule has 7 nitrogen and oxygen atoms in total. The Bertz CT molecular complexity index is 962. The number of nitrogens with one attached hydrogen (secondary N) is 1. The largest absolute Gasteiger partial charge is 0.493 e. The highest BCUT2D eigenvalue weighted by Gasteiger charge is 2.41. The Morgan fingerprint density at radius 2 is 1.61 bits per heavy atom. The molecular formula is C26H34N2O5. The van der Waals surface area contributed by atoms with Gasteiger partial charge in [0.2, 0.25) is 11.7 Å². The summed E-state index contributed by atoms with van der Waals surface area (Å²) >= 11 is 0. The van der Waals surface area contributed by atoms with Crippen LogP contribution in [0.15, 0.2) is 36.4 Å². The van der Waals surface area contributed by atoms with Crippen LogP contribution in [0.5, 0.6) is 17.2 Å². The van der Waals surface area contributed by atoms with Crippen LogP contribution in [0.3, 0.4) is 0 Å². The van der Waals surface area contributed by atoms with Crippen LogP contribution in [0.2, 0.25) is 0 Å². The highest BCUT2D eigenvalue weighted by atomic mass is 16.5. The summed E-state index contributed by atoms with van der Waals surface area (Å²) in [6, 6.07) is 11.2. The molecule has 0 bridgehead atoms. The van der Waals surface area contributed by atoms with Crippen LogP contribution in [-0.4, -0.2) is 57.7 Å². The van der Waals surface area contributed by atoms with Gasteiger partial charge < -0.3 is 24.4 Å². The van der Waals surface area contributed by atoms with E-state index in [-0.39, 0.29) is 23.7 Å². The first kappa shape index (κ1) is 24.4. The van der Waals surface area contributed by atoms with E-state index >= 15 is 0 Å². The van der Waals surface area contributed by atoms with Gasteiger partial charge in [0.1, 0.15) is 0 Å². The summed E-state index contributed by atoms with van der Waals surface area (Å²) in [6.07, 6.45) is 0. The molecule has 1 heterocycles. The van der Waals surface area contributed by atoms with E-state index in [0.29, 0.717) is 48.4 Å². The first-order valence-electron chi connectivity index (χ1n) is 11.2. The Morgan fingerprint density at radius 1 is 1.00 bits per heavy atom. The molecule has 0 spiro atoms. The number of ether oxygens (including phenoxy) is 3. The molecule has 2 aromatic carbocycles. The first-order valence-corrected chi connectivity index (χ1v) is 11.2. The van der Waals surface area contributed by atoms with Crippen molar-refractivity contribution in [1.29, 1.82) is 0 Å². The van der Waals surface area contributed by atoms with Gasteiger partial charge in [-0.2, -0.15) is 0 Å². The van der Waals surface area contributed by atoms with Crippen LogP contribution >= 0.6 is 0 Å². The van der Waals surface area contributed by atoms with Crippen LogP contribution in [0.4, 0.5) is 0 Å². The molecule has 3 rings (SSSR count). The van der Waals surface area contributed by atoms with Crippen molar-refractivity contribution in [3.05, 3.63) is 53.1 Å². The number of nitrogens with zero attached hydrogens (tertiary/aromatic N) is 1. The highest BCUT2D eigenvalue weighted by Crippen LogP contribution is 2.43. The van der Waals surface area contributed by atoms with E-state index in [2.05, 4.69) is 19.2 Å². The van der Waals surface area contributed by atoms with Gasteiger partial charge in [-0.15, -0.1) is 0 Å². The van der Waals surface area contributed by atoms with Crippen LogP contribution in [0.1, 0.15) is 41.3 Å². The molecule has 1 saturated heterocycles. The summed E-state index contributed by atoms with van der Waals surface area (Å²) in [7, 11) is 4.69. The number of likely N-dealkylation sites (tertiary alicyclic amines) is 1. The molecule has 0 aliphatic carbocycles. The Balaban J connectivity index is 1.96. The number of carbonyl (C=O) groups excluding carboxylic acids is 2. The molecule has 1 aliphatic rings. The Hall–Kier alpha value is -3.22. The van der Waals surface area contributed by atoms with Crippen molar-refractivity contribution < 1.29 is 23.8 Å². The van der Waals surface area contributed by atoms with E-state index in [1.54, 1.807) is 26.2 Å². The number of carbonyl (C=O) groups is 2. The summed E-state index contributed by atoms with van der Waals surface area (Å²) in [5.74, 6) is 1.15. The number of hydrogen-bond donors (Lipinski definition) is 1. The number of amides is 2. The minimum atomic E-state index is -0.388. The maximum absolute atomic E-state index is 13.2. The zero-order valence-electron chi connectivity index (χ0n) is 20.3. The predicted octanol–water partition coefficient (Wildman–Crippen LogP) is 3.65. The van der Waals surface area contributed by atoms with E-state index in [4.69, 9.17) is 14.2 Å². The Morgan fingerprint density at radius 3 is 2.12 bits per heavy atom. The van der Waals surface area contributed by atoms with Crippen molar-refractivity contribution in [3.8, 4) is 17.2 Å². The zero-order chi connectivity index (χ0) is 24.1. The second-order valence-corrected chi connectivity index (χ2v) is 8.89. The van der Waals surface area contributed by atoms with Gasteiger partial charge in [0.15, 0.2) is 11.5 Å². The van der Waals surface area contributed by atoms with Gasteiger partial charge in [0.05, 0.1) is 27.2 Å². The lowest BCUT2D eigenvalue weighted by Crippen LogP contribution is -2.37. The minimum absolute atomic E-state index is 0.0540. The predicted molar refractivity (Wildman–Crippen MR) is 127 cm³/mol. The van der Waals surface area contributed by atoms with Crippen molar-refractivity contribution in [2.24, 2.45) is 11.8 Å². The molecule has 2 amide bonds. The third kappa shape index (κ3) is 5.41. The fourth-order valence-corrected chi connectivity index (χ4v) is 4.20. The molecule has 7 heteroatoms. The number of aryl methyl sites for hydroxylation is 1. The fraction of sp³-hybridized carbons (Fsp3) is 0.462. The molecule has 2 aromatic rings. The Kier molecular flexibility index (Phi) is 7.84. The third-order valence-corrected chi connectivity index (χ3v) is 6.04. The van der Waals surface area contributed by atoms with Gasteiger partial charge in [-0.25, -0.2) is 0 Å². The van der Waals surface area contributed by atoms with Gasteiger partial charge in [-0.1, -0.05) is 31.5 Å². The standard InChI is InChI=1S/C26H34N2O5/c1-16(2)13-27-25(29)21-15-28(26(30)18-9-7-17(3)8-10-18)14-20(21)19-11-22(31-4)24(33-6)23(12-19)32-5/h7-12,16,20-21H,13-15H2,1-6H3,(H,27,29)/t20-,21-/m0/s1. The van der Waals surface area contributed by atoms with Gasteiger partial charge in [0, 0.05) is 31.1 Å². The van der Waals surface area contributed by atoms with E-state index < -0.39 is 0 Å². The number of hydrogen-bond acceptors (Lipinski definition) is 5. The highest BCUT2D eigenvalue weighted by molar-refractivity contribution is 5.95. The lowest BCUT2D eigenvalue weighted by Gasteiger charge is -2.21. The molecule has 0 saturated carbocycles. The molecule has 0 radical (unpaired) electrons. The molecule has 33 heavy (non-hydrogen) atoms. The average Bonchev–Trinajstić information content (AvgIpc) is 3.27. The van der Waals surface area contributed by atoms with Crippen LogP contribution < -0.4 is 19.5 Å². The smallest absolute Gasteiger partial charge is 0.253 e. The summed E-state index contributed by atoms with van der Waals surface area (Å²) in [5.41, 5.74) is 2.58. The minimum Gasteiger partial charge on any atom is -0.493 e. The van der Waals surface area contributed by atoms with Crippen LogP contribution in [-0.2, 0) is 4.79 Å². The molecule has 0 unspecified atom stereocenters. The molecule has 178 valence electrons. The van der Waals surface area contributed by atoms with E-state index in [0.717, 1.165) is 11.1 Å². The van der Waals surface area contributed by atoms with Gasteiger partial charge >= 0.3 is 0 Å². The van der Waals surface area contributed by atoms with Crippen LogP contribution in [0, 0.1) is 18.8 Å². The monoisotopic (exact) mass is 454 g/mol. The van der Waals surface area contributed by atoms with Crippen molar-refractivity contribution >= 4 is 11.8 Å². The van der Waals surface area contributed by atoms with Gasteiger partial charge in [0.25, 0.3) is 5.91 Å². The van der Waals surface area contributed by atoms with Crippen molar-refractivity contribution in [2.45, 2.75) is 26.7 Å².